The fraction of sp³-hybridized carbons (Fsp3) is 0.576. The molecule has 0 unspecified atom stereocenters. The third-order valence-corrected chi connectivity index (χ3v) is 8.60. The molecule has 0 bridgehead atoms. The Balaban J connectivity index is 1.53. The summed E-state index contributed by atoms with van der Waals surface area (Å²) in [6.07, 6.45) is 2.93. The van der Waals surface area contributed by atoms with Crippen LogP contribution in [0.1, 0.15) is 64.5 Å². The van der Waals surface area contributed by atoms with Gasteiger partial charge >= 0.3 is 0 Å². The zero-order valence-electron chi connectivity index (χ0n) is 25.1. The Kier molecular flexibility index (Phi) is 11.2. The summed E-state index contributed by atoms with van der Waals surface area (Å²) in [7, 11) is 0. The molecule has 41 heavy (non-hydrogen) atoms. The molecule has 0 radical (unpaired) electrons. The van der Waals surface area contributed by atoms with E-state index in [1.54, 1.807) is 0 Å². The summed E-state index contributed by atoms with van der Waals surface area (Å²) in [4.78, 5) is 36.2. The van der Waals surface area contributed by atoms with Crippen LogP contribution in [0.3, 0.4) is 0 Å². The van der Waals surface area contributed by atoms with Crippen LogP contribution >= 0.6 is 11.6 Å². The van der Waals surface area contributed by atoms with Crippen molar-refractivity contribution in [3.05, 3.63) is 64.4 Å². The van der Waals surface area contributed by atoms with E-state index in [1.165, 1.54) is 12.1 Å². The molecule has 0 saturated carbocycles. The maximum absolute atomic E-state index is 14.1. The molecule has 2 aromatic rings. The van der Waals surface area contributed by atoms with Gasteiger partial charge in [-0.1, -0.05) is 43.6 Å². The van der Waals surface area contributed by atoms with Crippen LogP contribution < -0.4 is 4.90 Å². The number of nitrogens with zero attached hydrogens (tertiary/aromatic N) is 4. The predicted molar refractivity (Wildman–Crippen MR) is 164 cm³/mol. The molecule has 224 valence electrons. The van der Waals surface area contributed by atoms with Crippen LogP contribution in [-0.4, -0.2) is 71.8 Å². The van der Waals surface area contributed by atoms with Gasteiger partial charge in [0.15, 0.2) is 0 Å². The lowest BCUT2D eigenvalue weighted by Gasteiger charge is -2.36. The van der Waals surface area contributed by atoms with Crippen molar-refractivity contribution in [2.75, 3.05) is 44.2 Å². The number of benzene rings is 2. The van der Waals surface area contributed by atoms with Crippen LogP contribution in [0.5, 0.6) is 0 Å². The van der Waals surface area contributed by atoms with E-state index in [0.29, 0.717) is 37.1 Å². The van der Waals surface area contributed by atoms with Crippen molar-refractivity contribution < 1.29 is 14.0 Å². The molecule has 1 saturated heterocycles. The van der Waals surface area contributed by atoms with Crippen LogP contribution in [0.25, 0.3) is 0 Å². The van der Waals surface area contributed by atoms with Crippen LogP contribution in [0, 0.1) is 17.7 Å². The molecule has 0 N–H and O–H groups in total. The number of carbonyl (C=O) groups is 2. The molecule has 0 aromatic heterocycles. The Labute approximate surface area is 250 Å². The van der Waals surface area contributed by atoms with E-state index in [9.17, 15) is 14.0 Å². The largest absolute Gasteiger partial charge is 0.337 e. The zero-order chi connectivity index (χ0) is 29.5. The van der Waals surface area contributed by atoms with Gasteiger partial charge in [-0.3, -0.25) is 19.4 Å². The maximum Gasteiger partial charge on any atom is 0.227 e. The quantitative estimate of drug-likeness (QED) is 0.405. The van der Waals surface area contributed by atoms with Gasteiger partial charge < -0.3 is 9.80 Å². The fourth-order valence-electron chi connectivity index (χ4n) is 5.99. The van der Waals surface area contributed by atoms with Crippen LogP contribution in [0.2, 0.25) is 5.02 Å². The van der Waals surface area contributed by atoms with Gasteiger partial charge in [0.2, 0.25) is 11.8 Å². The number of hydrogen-bond acceptors (Lipinski definition) is 4. The van der Waals surface area contributed by atoms with E-state index in [0.717, 1.165) is 68.8 Å². The molecule has 0 spiro atoms. The van der Waals surface area contributed by atoms with E-state index in [1.807, 2.05) is 40.1 Å². The zero-order valence-corrected chi connectivity index (χ0v) is 25.9. The number of anilines is 1. The summed E-state index contributed by atoms with van der Waals surface area (Å²) in [5.41, 5.74) is 2.88. The third kappa shape index (κ3) is 8.76. The highest BCUT2D eigenvalue weighted by molar-refractivity contribution is 6.31. The van der Waals surface area contributed by atoms with Crippen molar-refractivity contribution in [3.63, 3.8) is 0 Å². The number of hydrogen-bond donors (Lipinski definition) is 0. The lowest BCUT2D eigenvalue weighted by molar-refractivity contribution is -0.138. The number of likely N-dealkylation sites (tertiary alicyclic amines) is 1. The standard InChI is InChI=1S/C33H46ClFN4O2/c1-24(2)20-32(40)39-15-5-14-37(25(3)4)18-19-38(23-28-8-9-29(34)21-31(28)39)33(41)27-12-16-36(17-13-27)22-26-6-10-30(35)11-7-26/h6-11,21,24-25,27H,5,12-20,22-23H2,1-4H3. The summed E-state index contributed by atoms with van der Waals surface area (Å²) in [5, 5.41) is 0.594. The van der Waals surface area contributed by atoms with Crippen molar-refractivity contribution in [3.8, 4) is 0 Å². The highest BCUT2D eigenvalue weighted by Gasteiger charge is 2.31. The number of amides is 2. The monoisotopic (exact) mass is 584 g/mol. The Morgan fingerprint density at radius 2 is 1.63 bits per heavy atom. The molecule has 2 aliphatic rings. The fourth-order valence-corrected chi connectivity index (χ4v) is 6.15. The van der Waals surface area contributed by atoms with Crippen LogP contribution in [-0.2, 0) is 22.7 Å². The molecule has 2 aliphatic heterocycles. The number of piperidine rings is 1. The number of rotatable bonds is 6. The summed E-state index contributed by atoms with van der Waals surface area (Å²) in [6, 6.07) is 12.8. The second-order valence-electron chi connectivity index (χ2n) is 12.3. The van der Waals surface area contributed by atoms with Crippen molar-refractivity contribution in [1.29, 1.82) is 0 Å². The average molecular weight is 585 g/mol. The molecule has 2 amide bonds. The van der Waals surface area contributed by atoms with Crippen molar-refractivity contribution >= 4 is 29.1 Å². The number of fused-ring (bicyclic) bond motifs is 1. The van der Waals surface area contributed by atoms with E-state index in [-0.39, 0.29) is 29.5 Å². The molecule has 0 atom stereocenters. The van der Waals surface area contributed by atoms with Crippen molar-refractivity contribution in [2.24, 2.45) is 11.8 Å². The Morgan fingerprint density at radius 1 is 0.927 bits per heavy atom. The Bertz CT molecular complexity index is 1160. The Morgan fingerprint density at radius 3 is 2.29 bits per heavy atom. The molecule has 2 heterocycles. The van der Waals surface area contributed by atoms with Crippen molar-refractivity contribution in [2.45, 2.75) is 72.5 Å². The topological polar surface area (TPSA) is 47.1 Å². The van der Waals surface area contributed by atoms with E-state index in [4.69, 9.17) is 11.6 Å². The van der Waals surface area contributed by atoms with Crippen molar-refractivity contribution in [1.82, 2.24) is 14.7 Å². The highest BCUT2D eigenvalue weighted by atomic mass is 35.5. The third-order valence-electron chi connectivity index (χ3n) is 8.37. The maximum atomic E-state index is 14.1. The van der Waals surface area contributed by atoms with Gasteiger partial charge in [0.05, 0.1) is 5.69 Å². The second-order valence-corrected chi connectivity index (χ2v) is 12.8. The molecule has 2 aromatic carbocycles. The van der Waals surface area contributed by atoms with E-state index < -0.39 is 0 Å². The summed E-state index contributed by atoms with van der Waals surface area (Å²) in [6.45, 7) is 14.4. The molecule has 6 nitrogen and oxygen atoms in total. The van der Waals surface area contributed by atoms with Gasteiger partial charge in [-0.2, -0.15) is 0 Å². The van der Waals surface area contributed by atoms with Gasteiger partial charge in [-0.15, -0.1) is 0 Å². The number of carbonyl (C=O) groups excluding carboxylic acids is 2. The minimum Gasteiger partial charge on any atom is -0.337 e. The molecule has 0 aliphatic carbocycles. The lowest BCUT2D eigenvalue weighted by Crippen LogP contribution is -2.45. The molecule has 4 rings (SSSR count). The molecular formula is C33H46ClFN4O2. The average Bonchev–Trinajstić information content (AvgIpc) is 2.96. The first kappa shape index (κ1) is 31.5. The highest BCUT2D eigenvalue weighted by Crippen LogP contribution is 2.30. The summed E-state index contributed by atoms with van der Waals surface area (Å²) >= 11 is 6.47. The van der Waals surface area contributed by atoms with Crippen LogP contribution in [0.4, 0.5) is 10.1 Å². The smallest absolute Gasteiger partial charge is 0.227 e. The SMILES string of the molecule is CC(C)CC(=O)N1CCCN(C(C)C)CCN(C(=O)C2CCN(Cc3ccc(F)cc3)CC2)Cc2ccc(Cl)cc21. The summed E-state index contributed by atoms with van der Waals surface area (Å²) in [5.74, 6) is 0.287. The van der Waals surface area contributed by atoms with Gasteiger partial charge in [0, 0.05) is 62.7 Å². The van der Waals surface area contributed by atoms with Crippen LogP contribution in [0.15, 0.2) is 42.5 Å². The molecule has 8 heteroatoms. The van der Waals surface area contributed by atoms with Gasteiger partial charge in [-0.05, 0) is 87.5 Å². The molecular weight excluding hydrogens is 539 g/mol. The summed E-state index contributed by atoms with van der Waals surface area (Å²) < 4.78 is 13.3. The first-order chi connectivity index (χ1) is 19.6. The van der Waals surface area contributed by atoms with E-state index >= 15 is 0 Å². The normalized spacial score (nSPS) is 18.4. The predicted octanol–water partition coefficient (Wildman–Crippen LogP) is 6.21. The lowest BCUT2D eigenvalue weighted by atomic mass is 9.94. The van der Waals surface area contributed by atoms with Gasteiger partial charge in [0.25, 0.3) is 0 Å². The minimum atomic E-state index is -0.221. The Hall–Kier alpha value is -2.48. The van der Waals surface area contributed by atoms with E-state index in [2.05, 4.69) is 37.5 Å². The van der Waals surface area contributed by atoms with Gasteiger partial charge in [0.1, 0.15) is 5.82 Å². The van der Waals surface area contributed by atoms with Gasteiger partial charge in [-0.25, -0.2) is 4.39 Å². The minimum absolute atomic E-state index is 0.0356. The second kappa shape index (κ2) is 14.6. The number of halogens is 2. The first-order valence-electron chi connectivity index (χ1n) is 15.2. The molecule has 1 fully saturated rings. The first-order valence-corrected chi connectivity index (χ1v) is 15.6.